The van der Waals surface area contributed by atoms with E-state index < -0.39 is 0 Å². The zero-order valence-corrected chi connectivity index (χ0v) is 14.2. The second kappa shape index (κ2) is 6.71. The highest BCUT2D eigenvalue weighted by atomic mass is 16.2. The molecule has 2 amide bonds. The van der Waals surface area contributed by atoms with Gasteiger partial charge >= 0.3 is 0 Å². The monoisotopic (exact) mass is 334 g/mol. The first-order valence-corrected chi connectivity index (χ1v) is 8.92. The molecule has 1 saturated carbocycles. The van der Waals surface area contributed by atoms with E-state index in [0.717, 1.165) is 24.1 Å². The molecular weight excluding hydrogens is 312 g/mol. The van der Waals surface area contributed by atoms with Crippen molar-refractivity contribution in [1.29, 1.82) is 0 Å². The molecule has 0 spiro atoms. The van der Waals surface area contributed by atoms with E-state index in [-0.39, 0.29) is 11.8 Å². The number of nitrogens with one attached hydrogen (secondary N) is 1. The van der Waals surface area contributed by atoms with Crippen LogP contribution in [0.3, 0.4) is 0 Å². The molecule has 1 heterocycles. The van der Waals surface area contributed by atoms with Gasteiger partial charge in [-0.3, -0.25) is 14.5 Å². The van der Waals surface area contributed by atoms with Crippen molar-refractivity contribution in [2.75, 3.05) is 5.32 Å². The molecule has 2 aliphatic rings. The van der Waals surface area contributed by atoms with Crippen LogP contribution in [0, 0.1) is 0 Å². The highest BCUT2D eigenvalue weighted by Gasteiger charge is 2.30. The zero-order valence-electron chi connectivity index (χ0n) is 14.2. The van der Waals surface area contributed by atoms with Crippen LogP contribution in [-0.2, 0) is 16.1 Å². The van der Waals surface area contributed by atoms with Crippen LogP contribution >= 0.6 is 0 Å². The normalized spacial score (nSPS) is 22.8. The maximum absolute atomic E-state index is 11.7. The molecule has 4 nitrogen and oxygen atoms in total. The van der Waals surface area contributed by atoms with Gasteiger partial charge in [0.05, 0.1) is 6.54 Å². The van der Waals surface area contributed by atoms with Crippen molar-refractivity contribution < 1.29 is 9.59 Å². The number of nitrogens with zero attached hydrogens (tertiary/aromatic N) is 1. The van der Waals surface area contributed by atoms with Crippen molar-refractivity contribution in [3.05, 3.63) is 65.7 Å². The molecule has 1 N–H and O–H groups in total. The molecule has 2 fully saturated rings. The van der Waals surface area contributed by atoms with Gasteiger partial charge in [0.2, 0.25) is 11.8 Å². The van der Waals surface area contributed by atoms with E-state index in [4.69, 9.17) is 0 Å². The molecule has 0 bridgehead atoms. The molecule has 0 aromatic heterocycles. The number of carbonyl (C=O) groups excluding carboxylic acids is 2. The Bertz CT molecular complexity index is 748. The van der Waals surface area contributed by atoms with E-state index in [1.807, 2.05) is 24.3 Å². The molecule has 2 aromatic carbocycles. The third kappa shape index (κ3) is 3.43. The van der Waals surface area contributed by atoms with Gasteiger partial charge in [0.25, 0.3) is 0 Å². The Kier molecular flexibility index (Phi) is 4.26. The van der Waals surface area contributed by atoms with Crippen LogP contribution in [0.1, 0.15) is 42.7 Å². The molecule has 1 aliphatic carbocycles. The van der Waals surface area contributed by atoms with Gasteiger partial charge in [-0.2, -0.15) is 0 Å². The topological polar surface area (TPSA) is 49.4 Å². The highest BCUT2D eigenvalue weighted by molar-refractivity contribution is 6.01. The summed E-state index contributed by atoms with van der Waals surface area (Å²) in [6.07, 6.45) is 3.01. The number of likely N-dealkylation sites (tertiary alicyclic amines) is 1. The standard InChI is InChI=1S/C21H22N2O2/c24-20-10-11-21(25)23(20)14-15-6-8-18(9-7-15)22-19-12-17(13-19)16-4-2-1-3-5-16/h1-9,17,19,22H,10-14H2. The third-order valence-corrected chi connectivity index (χ3v) is 5.23. The van der Waals surface area contributed by atoms with Crippen LogP contribution in [0.5, 0.6) is 0 Å². The van der Waals surface area contributed by atoms with Crippen molar-refractivity contribution in [3.63, 3.8) is 0 Å². The molecule has 0 atom stereocenters. The Morgan fingerprint density at radius 2 is 1.52 bits per heavy atom. The van der Waals surface area contributed by atoms with Crippen molar-refractivity contribution in [2.24, 2.45) is 0 Å². The predicted molar refractivity (Wildman–Crippen MR) is 97.1 cm³/mol. The molecule has 4 heteroatoms. The zero-order chi connectivity index (χ0) is 17.2. The third-order valence-electron chi connectivity index (χ3n) is 5.23. The van der Waals surface area contributed by atoms with E-state index in [2.05, 4.69) is 35.6 Å². The Labute approximate surface area is 147 Å². The van der Waals surface area contributed by atoms with Crippen LogP contribution in [0.4, 0.5) is 5.69 Å². The number of rotatable bonds is 5. The number of carbonyl (C=O) groups is 2. The summed E-state index contributed by atoms with van der Waals surface area (Å²) in [6, 6.07) is 19.2. The smallest absolute Gasteiger partial charge is 0.229 e. The Hall–Kier alpha value is -2.62. The number of imide groups is 1. The summed E-state index contributed by atoms with van der Waals surface area (Å²) in [5.41, 5.74) is 3.51. The van der Waals surface area contributed by atoms with Gasteiger partial charge in [-0.15, -0.1) is 0 Å². The van der Waals surface area contributed by atoms with Gasteiger partial charge in [-0.25, -0.2) is 0 Å². The van der Waals surface area contributed by atoms with Crippen LogP contribution in [0.25, 0.3) is 0 Å². The molecular formula is C21H22N2O2. The number of amides is 2. The van der Waals surface area contributed by atoms with E-state index in [1.165, 1.54) is 10.5 Å². The fourth-order valence-electron chi connectivity index (χ4n) is 3.66. The summed E-state index contributed by atoms with van der Waals surface area (Å²) in [5, 5.41) is 3.57. The molecule has 4 rings (SSSR count). The minimum atomic E-state index is -0.0615. The van der Waals surface area contributed by atoms with Crippen LogP contribution in [-0.4, -0.2) is 22.8 Å². The molecule has 2 aromatic rings. The lowest BCUT2D eigenvalue weighted by Crippen LogP contribution is -2.34. The lowest BCUT2D eigenvalue weighted by molar-refractivity contribution is -0.139. The second-order valence-corrected chi connectivity index (χ2v) is 6.99. The molecule has 128 valence electrons. The Morgan fingerprint density at radius 3 is 2.16 bits per heavy atom. The molecule has 25 heavy (non-hydrogen) atoms. The van der Waals surface area contributed by atoms with Crippen LogP contribution in [0.15, 0.2) is 54.6 Å². The number of hydrogen-bond acceptors (Lipinski definition) is 3. The lowest BCUT2D eigenvalue weighted by Gasteiger charge is -2.37. The number of anilines is 1. The van der Waals surface area contributed by atoms with E-state index in [9.17, 15) is 9.59 Å². The maximum Gasteiger partial charge on any atom is 0.229 e. The Morgan fingerprint density at radius 1 is 0.880 bits per heavy atom. The van der Waals surface area contributed by atoms with E-state index in [0.29, 0.717) is 31.3 Å². The van der Waals surface area contributed by atoms with Gasteiger partial charge in [0.15, 0.2) is 0 Å². The first kappa shape index (κ1) is 15.9. The molecule has 0 radical (unpaired) electrons. The van der Waals surface area contributed by atoms with Crippen molar-refractivity contribution in [2.45, 2.75) is 44.2 Å². The molecule has 1 aliphatic heterocycles. The van der Waals surface area contributed by atoms with E-state index in [1.54, 1.807) is 0 Å². The minimum Gasteiger partial charge on any atom is -0.382 e. The van der Waals surface area contributed by atoms with Crippen LogP contribution < -0.4 is 5.32 Å². The van der Waals surface area contributed by atoms with Gasteiger partial charge < -0.3 is 5.32 Å². The number of benzene rings is 2. The fourth-order valence-corrected chi connectivity index (χ4v) is 3.66. The summed E-state index contributed by atoms with van der Waals surface area (Å²) in [4.78, 5) is 24.7. The van der Waals surface area contributed by atoms with Gasteiger partial charge in [0, 0.05) is 24.6 Å². The summed E-state index contributed by atoms with van der Waals surface area (Å²) >= 11 is 0. The SMILES string of the molecule is O=C1CCC(=O)N1Cc1ccc(NC2CC(c3ccccc3)C2)cc1. The average molecular weight is 334 g/mol. The van der Waals surface area contributed by atoms with E-state index >= 15 is 0 Å². The summed E-state index contributed by atoms with van der Waals surface area (Å²) < 4.78 is 0. The van der Waals surface area contributed by atoms with Crippen molar-refractivity contribution in [3.8, 4) is 0 Å². The molecule has 0 unspecified atom stereocenters. The first-order chi connectivity index (χ1) is 12.2. The summed E-state index contributed by atoms with van der Waals surface area (Å²) in [5.74, 6) is 0.535. The highest BCUT2D eigenvalue weighted by Crippen LogP contribution is 2.38. The predicted octanol–water partition coefficient (Wildman–Crippen LogP) is 3.69. The maximum atomic E-state index is 11.7. The fraction of sp³-hybridized carbons (Fsp3) is 0.333. The van der Waals surface area contributed by atoms with Crippen molar-refractivity contribution in [1.82, 2.24) is 4.90 Å². The second-order valence-electron chi connectivity index (χ2n) is 6.99. The van der Waals surface area contributed by atoms with Crippen molar-refractivity contribution >= 4 is 17.5 Å². The van der Waals surface area contributed by atoms with Gasteiger partial charge in [-0.1, -0.05) is 42.5 Å². The number of hydrogen-bond donors (Lipinski definition) is 1. The largest absolute Gasteiger partial charge is 0.382 e. The summed E-state index contributed by atoms with van der Waals surface area (Å²) in [6.45, 7) is 0.386. The summed E-state index contributed by atoms with van der Waals surface area (Å²) in [7, 11) is 0. The lowest BCUT2D eigenvalue weighted by atomic mass is 9.76. The first-order valence-electron chi connectivity index (χ1n) is 8.92. The minimum absolute atomic E-state index is 0.0615. The van der Waals surface area contributed by atoms with Gasteiger partial charge in [-0.05, 0) is 42.0 Å². The Balaban J connectivity index is 1.30. The van der Waals surface area contributed by atoms with Gasteiger partial charge in [0.1, 0.15) is 0 Å². The van der Waals surface area contributed by atoms with Crippen LogP contribution in [0.2, 0.25) is 0 Å². The average Bonchev–Trinajstić information content (AvgIpc) is 2.92. The quantitative estimate of drug-likeness (QED) is 0.848. The molecule has 1 saturated heterocycles.